The smallest absolute Gasteiger partial charge is 0.306 e. The molecule has 0 saturated carbocycles. The Bertz CT molecular complexity index is 902. The van der Waals surface area contributed by atoms with Crippen LogP contribution in [0.3, 0.4) is 0 Å². The van der Waals surface area contributed by atoms with Gasteiger partial charge in [0.05, 0.1) is 27.7 Å². The van der Waals surface area contributed by atoms with Crippen molar-refractivity contribution < 1.29 is 42.1 Å². The van der Waals surface area contributed by atoms with Crippen LogP contribution in [0.15, 0.2) is 24.3 Å². The molecular formula is C39H74NO8P. The lowest BCUT2D eigenvalue weighted by Gasteiger charge is -2.28. The summed E-state index contributed by atoms with van der Waals surface area (Å²) < 4.78 is 33.5. The lowest BCUT2D eigenvalue weighted by atomic mass is 10.1. The molecule has 0 saturated heterocycles. The molecule has 0 radical (unpaired) electrons. The Morgan fingerprint density at radius 3 is 1.63 bits per heavy atom. The third kappa shape index (κ3) is 36.1. The fraction of sp³-hybridized carbons (Fsp3) is 0.846. The van der Waals surface area contributed by atoms with Crippen LogP contribution >= 0.6 is 7.82 Å². The highest BCUT2D eigenvalue weighted by Gasteiger charge is 2.21. The number of unbranched alkanes of at least 4 members (excludes halogenated alkanes) is 17. The molecule has 9 nitrogen and oxygen atoms in total. The second-order valence-corrected chi connectivity index (χ2v) is 15.7. The molecule has 0 aliphatic rings. The van der Waals surface area contributed by atoms with Crippen LogP contribution in [0.4, 0.5) is 0 Å². The van der Waals surface area contributed by atoms with Crippen LogP contribution in [-0.4, -0.2) is 70.0 Å². The Balaban J connectivity index is 4.16. The van der Waals surface area contributed by atoms with E-state index in [4.69, 9.17) is 18.5 Å². The number of quaternary nitrogens is 1. The molecule has 0 aliphatic carbocycles. The maximum atomic E-state index is 12.5. The van der Waals surface area contributed by atoms with Gasteiger partial charge in [-0.1, -0.05) is 128 Å². The zero-order valence-electron chi connectivity index (χ0n) is 32.1. The molecule has 0 aromatic carbocycles. The van der Waals surface area contributed by atoms with Gasteiger partial charge in [0.1, 0.15) is 19.8 Å². The van der Waals surface area contributed by atoms with Gasteiger partial charge in [0.15, 0.2) is 6.10 Å². The first-order valence-electron chi connectivity index (χ1n) is 19.5. The largest absolute Gasteiger partial charge is 0.756 e. The van der Waals surface area contributed by atoms with E-state index in [1.54, 1.807) is 0 Å². The molecule has 0 aromatic heterocycles. The van der Waals surface area contributed by atoms with Crippen molar-refractivity contribution in [2.45, 2.75) is 168 Å². The Morgan fingerprint density at radius 1 is 0.633 bits per heavy atom. The van der Waals surface area contributed by atoms with E-state index in [0.29, 0.717) is 17.4 Å². The van der Waals surface area contributed by atoms with Crippen molar-refractivity contribution in [3.8, 4) is 0 Å². The van der Waals surface area contributed by atoms with Crippen LogP contribution < -0.4 is 4.89 Å². The van der Waals surface area contributed by atoms with Gasteiger partial charge in [-0.3, -0.25) is 14.2 Å². The molecule has 0 aliphatic heterocycles. The molecule has 0 fully saturated rings. The van der Waals surface area contributed by atoms with Crippen molar-refractivity contribution in [3.63, 3.8) is 0 Å². The summed E-state index contributed by atoms with van der Waals surface area (Å²) in [4.78, 5) is 36.9. The van der Waals surface area contributed by atoms with E-state index in [1.807, 2.05) is 21.1 Å². The van der Waals surface area contributed by atoms with Gasteiger partial charge in [0.25, 0.3) is 7.82 Å². The van der Waals surface area contributed by atoms with Gasteiger partial charge < -0.3 is 27.9 Å². The Hall–Kier alpha value is -1.51. The normalized spacial score (nSPS) is 14.0. The molecule has 49 heavy (non-hydrogen) atoms. The molecular weight excluding hydrogens is 641 g/mol. The summed E-state index contributed by atoms with van der Waals surface area (Å²) in [6.45, 7) is 4.07. The quantitative estimate of drug-likeness (QED) is 0.0210. The van der Waals surface area contributed by atoms with Crippen LogP contribution in [0.25, 0.3) is 0 Å². The zero-order valence-corrected chi connectivity index (χ0v) is 33.0. The van der Waals surface area contributed by atoms with Crippen LogP contribution in [0, 0.1) is 0 Å². The van der Waals surface area contributed by atoms with Crippen LogP contribution in [0.5, 0.6) is 0 Å². The van der Waals surface area contributed by atoms with Crippen molar-refractivity contribution in [2.24, 2.45) is 0 Å². The summed E-state index contributed by atoms with van der Waals surface area (Å²) >= 11 is 0. The summed E-state index contributed by atoms with van der Waals surface area (Å²) in [5, 5.41) is 0. The number of likely N-dealkylation sites (N-methyl/N-ethyl adjacent to an activating group) is 1. The summed E-state index contributed by atoms with van der Waals surface area (Å²) in [6, 6.07) is 0. The van der Waals surface area contributed by atoms with E-state index in [0.717, 1.165) is 57.8 Å². The van der Waals surface area contributed by atoms with E-state index in [2.05, 4.69) is 38.2 Å². The number of nitrogens with zero attached hydrogens (tertiary/aromatic N) is 1. The monoisotopic (exact) mass is 716 g/mol. The maximum Gasteiger partial charge on any atom is 0.306 e. The number of esters is 2. The first kappa shape index (κ1) is 47.5. The Labute approximate surface area is 300 Å². The minimum atomic E-state index is -4.60. The third-order valence-electron chi connectivity index (χ3n) is 8.22. The maximum absolute atomic E-state index is 12.5. The van der Waals surface area contributed by atoms with Gasteiger partial charge in [-0.05, 0) is 44.9 Å². The van der Waals surface area contributed by atoms with E-state index in [9.17, 15) is 19.0 Å². The van der Waals surface area contributed by atoms with Gasteiger partial charge in [-0.2, -0.15) is 0 Å². The van der Waals surface area contributed by atoms with Crippen LogP contribution in [0.1, 0.15) is 162 Å². The zero-order chi connectivity index (χ0) is 36.5. The van der Waals surface area contributed by atoms with Crippen molar-refractivity contribution >= 4 is 19.8 Å². The number of rotatable bonds is 35. The second-order valence-electron chi connectivity index (χ2n) is 14.3. The molecule has 2 atom stereocenters. The summed E-state index contributed by atoms with van der Waals surface area (Å²) in [5.74, 6) is -0.859. The van der Waals surface area contributed by atoms with Crippen LogP contribution in [-0.2, 0) is 32.7 Å². The molecule has 10 heteroatoms. The summed E-state index contributed by atoms with van der Waals surface area (Å²) in [7, 11) is 1.16. The van der Waals surface area contributed by atoms with Crippen molar-refractivity contribution in [1.29, 1.82) is 0 Å². The highest BCUT2D eigenvalue weighted by molar-refractivity contribution is 7.45. The second kappa shape index (κ2) is 32.4. The molecule has 0 rings (SSSR count). The number of phosphoric ester groups is 1. The van der Waals surface area contributed by atoms with Gasteiger partial charge in [0, 0.05) is 12.8 Å². The first-order valence-corrected chi connectivity index (χ1v) is 21.0. The molecule has 0 amide bonds. The van der Waals surface area contributed by atoms with Crippen LogP contribution in [0.2, 0.25) is 0 Å². The lowest BCUT2D eigenvalue weighted by molar-refractivity contribution is -0.870. The average Bonchev–Trinajstić information content (AvgIpc) is 3.04. The SMILES string of the molecule is CCCCCCC/C=C\C/C=C\CCCCCCCCCCCC(=O)OC(COC(=O)CCCCCC)COP(=O)([O-])OCC[N+](C)(C)C. The first-order chi connectivity index (χ1) is 23.5. The van der Waals surface area contributed by atoms with Gasteiger partial charge in [-0.15, -0.1) is 0 Å². The summed E-state index contributed by atoms with van der Waals surface area (Å²) in [6.07, 6.45) is 32.7. The van der Waals surface area contributed by atoms with Crippen molar-refractivity contribution in [1.82, 2.24) is 0 Å². The number of allylic oxidation sites excluding steroid dienone is 4. The average molecular weight is 716 g/mol. The number of phosphoric acid groups is 1. The van der Waals surface area contributed by atoms with E-state index in [-0.39, 0.29) is 26.1 Å². The highest BCUT2D eigenvalue weighted by atomic mass is 31.2. The molecule has 0 N–H and O–H groups in total. The minimum Gasteiger partial charge on any atom is -0.756 e. The Kier molecular flexibility index (Phi) is 31.4. The standard InChI is InChI=1S/C39H74NO8P/c1-6-8-10-12-13-14-15-16-17-18-19-20-21-22-23-24-25-26-27-28-30-32-39(42)48-37(35-45-38(41)31-29-11-9-7-2)36-47-49(43,44)46-34-33-40(3,4)5/h15-16,18-19,37H,6-14,17,20-36H2,1-5H3/b16-15-,19-18-. The van der Waals surface area contributed by atoms with Gasteiger partial charge >= 0.3 is 11.9 Å². The molecule has 0 spiro atoms. The van der Waals surface area contributed by atoms with E-state index >= 15 is 0 Å². The molecule has 288 valence electrons. The van der Waals surface area contributed by atoms with E-state index in [1.165, 1.54) is 70.6 Å². The molecule has 0 aromatic rings. The van der Waals surface area contributed by atoms with Crippen molar-refractivity contribution in [2.75, 3.05) is 47.5 Å². The number of hydrogen-bond acceptors (Lipinski definition) is 8. The third-order valence-corrected chi connectivity index (χ3v) is 9.19. The number of carbonyl (C=O) groups excluding carboxylic acids is 2. The predicted octanol–water partition coefficient (Wildman–Crippen LogP) is 9.77. The lowest BCUT2D eigenvalue weighted by Crippen LogP contribution is -2.37. The topological polar surface area (TPSA) is 111 Å². The predicted molar refractivity (Wildman–Crippen MR) is 199 cm³/mol. The highest BCUT2D eigenvalue weighted by Crippen LogP contribution is 2.38. The summed E-state index contributed by atoms with van der Waals surface area (Å²) in [5.41, 5.74) is 0. The number of ether oxygens (including phenoxy) is 2. The van der Waals surface area contributed by atoms with Crippen molar-refractivity contribution in [3.05, 3.63) is 24.3 Å². The molecule has 0 bridgehead atoms. The van der Waals surface area contributed by atoms with Gasteiger partial charge in [0.2, 0.25) is 0 Å². The van der Waals surface area contributed by atoms with E-state index < -0.39 is 32.5 Å². The van der Waals surface area contributed by atoms with Gasteiger partial charge in [-0.25, -0.2) is 0 Å². The fourth-order valence-electron chi connectivity index (χ4n) is 5.09. The Morgan fingerprint density at radius 2 is 1.10 bits per heavy atom. The fourth-order valence-corrected chi connectivity index (χ4v) is 5.82. The number of hydrogen-bond donors (Lipinski definition) is 0. The molecule has 2 unspecified atom stereocenters. The molecule has 0 heterocycles. The minimum absolute atomic E-state index is 0.0310. The number of carbonyl (C=O) groups is 2.